The molecule has 24 heavy (non-hydrogen) atoms. The number of nitrogens with one attached hydrogen (secondary N) is 1. The summed E-state index contributed by atoms with van der Waals surface area (Å²) in [5.41, 5.74) is 5.08. The Morgan fingerprint density at radius 2 is 2.33 bits per heavy atom. The van der Waals surface area contributed by atoms with E-state index in [1.165, 1.54) is 16.8 Å². The van der Waals surface area contributed by atoms with Gasteiger partial charge in [-0.15, -0.1) is 0 Å². The molecule has 13 heteroatoms. The molecular weight excluding hydrogens is 350 g/mol. The number of aromatic amines is 1. The molecule has 0 amide bonds. The number of nitrogens with two attached hydrogens (primary N) is 1. The second-order valence-electron chi connectivity index (χ2n) is 4.91. The van der Waals surface area contributed by atoms with E-state index in [0.29, 0.717) is 0 Å². The fourth-order valence-corrected chi connectivity index (χ4v) is 2.53. The van der Waals surface area contributed by atoms with Gasteiger partial charge in [-0.05, 0) is 6.07 Å². The molecule has 0 aliphatic carbocycles. The van der Waals surface area contributed by atoms with Gasteiger partial charge in [-0.1, -0.05) is 0 Å². The third-order valence-corrected chi connectivity index (χ3v) is 3.87. The molecule has 0 spiro atoms. The number of aliphatic hydroxyl groups excluding tert-OH is 2. The summed E-state index contributed by atoms with van der Waals surface area (Å²) >= 11 is 0. The number of fused-ring (bicyclic) bond motifs is 1. The third kappa shape index (κ3) is 3.00. The Kier molecular flexibility index (Phi) is 4.78. The van der Waals surface area contributed by atoms with Crippen molar-refractivity contribution in [1.82, 2.24) is 14.5 Å². The molecule has 0 aromatic carbocycles. The summed E-state index contributed by atoms with van der Waals surface area (Å²) in [6.45, 7) is 0. The van der Waals surface area contributed by atoms with Gasteiger partial charge >= 0.3 is 0 Å². The van der Waals surface area contributed by atoms with Crippen molar-refractivity contribution in [3.05, 3.63) is 22.6 Å². The first kappa shape index (κ1) is 17.2. The first-order valence-electron chi connectivity index (χ1n) is 6.67. The van der Waals surface area contributed by atoms with Crippen molar-refractivity contribution < 1.29 is 33.8 Å². The molecule has 2 aromatic heterocycles. The van der Waals surface area contributed by atoms with Crippen LogP contribution in [0.4, 0.5) is 10.3 Å². The monoisotopic (exact) mass is 364 g/mol. The molecule has 1 fully saturated rings. The summed E-state index contributed by atoms with van der Waals surface area (Å²) in [4.78, 5) is 31.7. The van der Waals surface area contributed by atoms with Crippen LogP contribution in [0.3, 0.4) is 0 Å². The molecule has 1 aliphatic heterocycles. The lowest BCUT2D eigenvalue weighted by Gasteiger charge is -2.16. The predicted octanol–water partition coefficient (Wildman–Crippen LogP) is -0.937. The van der Waals surface area contributed by atoms with Gasteiger partial charge in [-0.3, -0.25) is 9.78 Å². The zero-order chi connectivity index (χ0) is 17.4. The Morgan fingerprint density at radius 3 is 3.04 bits per heavy atom. The van der Waals surface area contributed by atoms with Crippen LogP contribution in [0.1, 0.15) is 6.23 Å². The van der Waals surface area contributed by atoms with Crippen LogP contribution < -0.4 is 11.3 Å². The number of aliphatic hydroxyl groups is 2. The van der Waals surface area contributed by atoms with Gasteiger partial charge in [0.25, 0.3) is 5.56 Å². The highest BCUT2D eigenvalue weighted by molar-refractivity contribution is 7.45. The highest BCUT2D eigenvalue weighted by Gasteiger charge is 2.47. The average molecular weight is 364 g/mol. The van der Waals surface area contributed by atoms with Crippen molar-refractivity contribution in [2.45, 2.75) is 24.8 Å². The molecule has 132 valence electrons. The Bertz CT molecular complexity index is 785. The fourth-order valence-electron chi connectivity index (χ4n) is 2.30. The predicted molar refractivity (Wildman–Crippen MR) is 78.0 cm³/mol. The molecule has 3 heterocycles. The Hall–Kier alpha value is -1.66. The minimum atomic E-state index is -2.30. The van der Waals surface area contributed by atoms with Gasteiger partial charge < -0.3 is 30.1 Å². The Morgan fingerprint density at radius 1 is 1.58 bits per heavy atom. The molecule has 6 N–H and O–H groups in total. The van der Waals surface area contributed by atoms with Gasteiger partial charge in [-0.25, -0.2) is 4.39 Å². The molecule has 2 unspecified atom stereocenters. The average Bonchev–Trinajstić information content (AvgIpc) is 3.08. The second-order valence-corrected chi connectivity index (χ2v) is 6.04. The topological polar surface area (TPSA) is 165 Å². The van der Waals surface area contributed by atoms with E-state index in [-0.39, 0.29) is 17.0 Å². The van der Waals surface area contributed by atoms with Crippen LogP contribution in [0.15, 0.2) is 17.1 Å². The van der Waals surface area contributed by atoms with Crippen LogP contribution in [0.2, 0.25) is 0 Å². The molecule has 0 saturated carbocycles. The van der Waals surface area contributed by atoms with E-state index in [9.17, 15) is 14.3 Å². The van der Waals surface area contributed by atoms with Crippen molar-refractivity contribution >= 4 is 25.4 Å². The van der Waals surface area contributed by atoms with Crippen LogP contribution in [-0.4, -0.2) is 54.6 Å². The van der Waals surface area contributed by atoms with Crippen LogP contribution in [-0.2, 0) is 14.3 Å². The van der Waals surface area contributed by atoms with Crippen LogP contribution >= 0.6 is 8.38 Å². The highest BCUT2D eigenvalue weighted by Crippen LogP contribution is 2.37. The van der Waals surface area contributed by atoms with Gasteiger partial charge in [0.05, 0.1) is 5.39 Å². The number of nitrogens with zero attached hydrogens (tertiary/aromatic N) is 2. The maximum absolute atomic E-state index is 14.1. The lowest BCUT2D eigenvalue weighted by Crippen LogP contribution is -2.29. The normalized spacial score (nSPS) is 28.5. The number of anilines is 1. The lowest BCUT2D eigenvalue weighted by molar-refractivity contribution is -0.327. The number of ether oxygens (including phenoxy) is 1. The minimum absolute atomic E-state index is 0.0915. The number of halogens is 1. The molecule has 1 aliphatic rings. The molecule has 5 atom stereocenters. The smallest absolute Gasteiger partial charge is 0.261 e. The summed E-state index contributed by atoms with van der Waals surface area (Å²) in [6.07, 6.45) is -5.91. The van der Waals surface area contributed by atoms with E-state index in [1.807, 2.05) is 0 Å². The molecule has 2 aromatic rings. The number of aromatic nitrogens is 3. The van der Waals surface area contributed by atoms with E-state index < -0.39 is 45.1 Å². The summed E-state index contributed by atoms with van der Waals surface area (Å²) in [5.74, 6) is -0.151. The van der Waals surface area contributed by atoms with Crippen molar-refractivity contribution in [3.63, 3.8) is 0 Å². The number of rotatable bonds is 5. The SMILES string of the molecule is Nc1nc2c(ccn2[C@@H]2O[C@H](OOP(O)CO)[C@H](F)C2O)c(=O)[nH]1. The maximum atomic E-state index is 14.1. The van der Waals surface area contributed by atoms with Gasteiger partial charge in [0.15, 0.2) is 18.0 Å². The van der Waals surface area contributed by atoms with E-state index in [4.69, 9.17) is 20.5 Å². The summed E-state index contributed by atoms with van der Waals surface area (Å²) in [6, 6.07) is 1.41. The van der Waals surface area contributed by atoms with Crippen LogP contribution in [0.5, 0.6) is 0 Å². The standard InChI is InChI=1S/C11H14FN4O7P/c12-5-6(18)9(21-10(5)22-23-24(20)3-17)16-2-1-4-7(16)14-11(13)15-8(4)19/h1-2,5-6,9-10,17-18,20H,3H2,(H3,13,14,15,19)/t5-,6?,9-,10-,24?/m1/s1. The van der Waals surface area contributed by atoms with Gasteiger partial charge in [-0.2, -0.15) is 14.5 Å². The summed E-state index contributed by atoms with van der Waals surface area (Å²) < 4.78 is 24.9. The number of hydrogen-bond donors (Lipinski definition) is 5. The van der Waals surface area contributed by atoms with Gasteiger partial charge in [0.2, 0.25) is 20.6 Å². The molecule has 0 radical (unpaired) electrons. The van der Waals surface area contributed by atoms with E-state index in [0.717, 1.165) is 0 Å². The maximum Gasteiger partial charge on any atom is 0.261 e. The highest BCUT2D eigenvalue weighted by atomic mass is 31.2. The van der Waals surface area contributed by atoms with E-state index >= 15 is 0 Å². The van der Waals surface area contributed by atoms with Crippen molar-refractivity contribution in [2.24, 2.45) is 0 Å². The minimum Gasteiger partial charge on any atom is -0.387 e. The third-order valence-electron chi connectivity index (χ3n) is 3.37. The Labute approximate surface area is 134 Å². The lowest BCUT2D eigenvalue weighted by atomic mass is 10.2. The van der Waals surface area contributed by atoms with Crippen LogP contribution in [0, 0.1) is 0 Å². The van der Waals surface area contributed by atoms with Crippen molar-refractivity contribution in [3.8, 4) is 0 Å². The van der Waals surface area contributed by atoms with Crippen molar-refractivity contribution in [2.75, 3.05) is 12.1 Å². The molecule has 0 bridgehead atoms. The molecular formula is C11H14FN4O7P. The Balaban J connectivity index is 1.86. The molecule has 11 nitrogen and oxygen atoms in total. The number of nitrogen functional groups attached to an aromatic ring is 1. The van der Waals surface area contributed by atoms with Gasteiger partial charge in [0, 0.05) is 6.20 Å². The number of H-pyrrole nitrogens is 1. The zero-order valence-electron chi connectivity index (χ0n) is 11.9. The first-order chi connectivity index (χ1) is 11.4. The number of hydrogen-bond acceptors (Lipinski definition) is 9. The fraction of sp³-hybridized carbons (Fsp3) is 0.455. The van der Waals surface area contributed by atoms with E-state index in [1.54, 1.807) is 0 Å². The van der Waals surface area contributed by atoms with Gasteiger partial charge in [0.1, 0.15) is 12.5 Å². The number of alkyl halides is 1. The summed E-state index contributed by atoms with van der Waals surface area (Å²) in [5, 5.41) is 18.8. The molecule has 3 rings (SSSR count). The second kappa shape index (κ2) is 6.69. The first-order valence-corrected chi connectivity index (χ1v) is 8.06. The summed E-state index contributed by atoms with van der Waals surface area (Å²) in [7, 11) is -2.30. The van der Waals surface area contributed by atoms with E-state index in [2.05, 4.69) is 19.5 Å². The molecule has 1 saturated heterocycles. The van der Waals surface area contributed by atoms with Crippen molar-refractivity contribution in [1.29, 1.82) is 0 Å². The van der Waals surface area contributed by atoms with Crippen LogP contribution in [0.25, 0.3) is 11.0 Å². The quantitative estimate of drug-likeness (QED) is 0.256. The largest absolute Gasteiger partial charge is 0.387 e. The zero-order valence-corrected chi connectivity index (χ0v) is 12.8.